The topological polar surface area (TPSA) is 56.3 Å². The van der Waals surface area contributed by atoms with E-state index in [1.165, 1.54) is 24.2 Å². The highest BCUT2D eigenvalue weighted by Gasteiger charge is 2.31. The predicted molar refractivity (Wildman–Crippen MR) is 120 cm³/mol. The zero-order valence-corrected chi connectivity index (χ0v) is 18.2. The van der Waals surface area contributed by atoms with Crippen molar-refractivity contribution >= 4 is 68.8 Å². The number of hydrogen-bond acceptors (Lipinski definition) is 6. The molecule has 6 nitrogen and oxygen atoms in total. The first-order chi connectivity index (χ1) is 13.1. The number of pyridine rings is 2. The van der Waals surface area contributed by atoms with E-state index >= 15 is 0 Å². The molecular weight excluding hydrogens is 498 g/mol. The maximum absolute atomic E-state index is 5.98. The van der Waals surface area contributed by atoms with Crippen molar-refractivity contribution in [2.75, 3.05) is 46.6 Å². The van der Waals surface area contributed by atoms with E-state index in [2.05, 4.69) is 59.1 Å². The van der Waals surface area contributed by atoms with Crippen molar-refractivity contribution in [3.63, 3.8) is 0 Å². The van der Waals surface area contributed by atoms with Crippen LogP contribution in [-0.2, 0) is 0 Å². The summed E-state index contributed by atoms with van der Waals surface area (Å²) >= 11 is 14.0. The van der Waals surface area contributed by atoms with Crippen LogP contribution in [0.25, 0.3) is 0 Å². The monoisotopic (exact) mass is 516 g/mol. The Bertz CT molecular complexity index is 894. The zero-order valence-electron chi connectivity index (χ0n) is 14.6. The Kier molecular flexibility index (Phi) is 4.64. The average molecular weight is 517 g/mol. The molecule has 2 aromatic heterocycles. The molecule has 2 N–H and O–H groups in total. The van der Waals surface area contributed by atoms with Crippen LogP contribution >= 0.6 is 45.8 Å². The molecule has 2 atom stereocenters. The van der Waals surface area contributed by atoms with Crippen LogP contribution in [0.15, 0.2) is 18.2 Å². The molecule has 0 aliphatic carbocycles. The zero-order chi connectivity index (χ0) is 18.5. The Morgan fingerprint density at radius 1 is 0.926 bits per heavy atom. The summed E-state index contributed by atoms with van der Waals surface area (Å²) in [5.74, 6) is 1.89. The van der Waals surface area contributed by atoms with Crippen LogP contribution in [0, 0.1) is 3.57 Å². The van der Waals surface area contributed by atoms with Crippen LogP contribution in [0.4, 0.5) is 23.0 Å². The van der Waals surface area contributed by atoms with Gasteiger partial charge in [0.25, 0.3) is 0 Å². The van der Waals surface area contributed by atoms with Crippen molar-refractivity contribution in [3.8, 4) is 0 Å². The van der Waals surface area contributed by atoms with Gasteiger partial charge in [-0.1, -0.05) is 23.2 Å². The van der Waals surface area contributed by atoms with Crippen molar-refractivity contribution < 1.29 is 0 Å². The highest BCUT2D eigenvalue weighted by atomic mass is 127. The number of rotatable bonds is 0. The van der Waals surface area contributed by atoms with Crippen LogP contribution in [0.3, 0.4) is 0 Å². The molecule has 0 unspecified atom stereocenters. The fourth-order valence-corrected chi connectivity index (χ4v) is 4.88. The van der Waals surface area contributed by atoms with Crippen molar-refractivity contribution in [3.05, 3.63) is 32.1 Å². The molecule has 0 saturated carbocycles. The minimum absolute atomic E-state index is 0.561. The van der Waals surface area contributed by atoms with Gasteiger partial charge in [0, 0.05) is 38.3 Å². The summed E-state index contributed by atoms with van der Waals surface area (Å²) in [7, 11) is 0. The quantitative estimate of drug-likeness (QED) is 0.406. The fraction of sp³-hybridized carbons (Fsp3) is 0.444. The second-order valence-electron chi connectivity index (χ2n) is 7.28. The maximum Gasteiger partial charge on any atom is 0.151 e. The molecule has 4 aliphatic heterocycles. The first kappa shape index (κ1) is 17.9. The van der Waals surface area contributed by atoms with Crippen LogP contribution in [0.2, 0.25) is 10.3 Å². The second-order valence-corrected chi connectivity index (χ2v) is 9.19. The van der Waals surface area contributed by atoms with Gasteiger partial charge in [0.05, 0.1) is 14.9 Å². The fourth-order valence-electron chi connectivity index (χ4n) is 4.17. The van der Waals surface area contributed by atoms with Crippen molar-refractivity contribution in [1.29, 1.82) is 0 Å². The van der Waals surface area contributed by atoms with Gasteiger partial charge in [-0.3, -0.25) is 0 Å². The predicted octanol–water partition coefficient (Wildman–Crippen LogP) is 4.08. The summed E-state index contributed by atoms with van der Waals surface area (Å²) in [6, 6.07) is 7.13. The molecule has 142 valence electrons. The van der Waals surface area contributed by atoms with Crippen molar-refractivity contribution in [2.24, 2.45) is 0 Å². The molecule has 9 heteroatoms. The second kappa shape index (κ2) is 7.00. The van der Waals surface area contributed by atoms with E-state index in [0.717, 1.165) is 41.4 Å². The summed E-state index contributed by atoms with van der Waals surface area (Å²) in [5.41, 5.74) is 2.39. The maximum atomic E-state index is 5.98. The van der Waals surface area contributed by atoms with E-state index in [4.69, 9.17) is 23.2 Å². The molecule has 4 aliphatic rings. The number of nitrogens with one attached hydrogen (secondary N) is 2. The Morgan fingerprint density at radius 2 is 1.56 bits per heavy atom. The van der Waals surface area contributed by atoms with Gasteiger partial charge in [-0.2, -0.15) is 0 Å². The summed E-state index contributed by atoms with van der Waals surface area (Å²) in [4.78, 5) is 13.4. The lowest BCUT2D eigenvalue weighted by molar-refractivity contribution is 0.788. The van der Waals surface area contributed by atoms with Gasteiger partial charge in [0.1, 0.15) is 10.3 Å². The summed E-state index contributed by atoms with van der Waals surface area (Å²) < 4.78 is 1.02. The molecule has 0 spiro atoms. The number of anilines is 4. The Labute approximate surface area is 181 Å². The number of hydrogen-bond donors (Lipinski definition) is 2. The summed E-state index contributed by atoms with van der Waals surface area (Å²) in [6.45, 7) is 4.47. The number of aromatic nitrogens is 2. The van der Waals surface area contributed by atoms with E-state index in [0.29, 0.717) is 22.4 Å². The van der Waals surface area contributed by atoms with Crippen LogP contribution in [0.1, 0.15) is 12.8 Å². The molecule has 27 heavy (non-hydrogen) atoms. The normalized spacial score (nSPS) is 23.7. The van der Waals surface area contributed by atoms with E-state index < -0.39 is 0 Å². The first-order valence-electron chi connectivity index (χ1n) is 9.12. The molecule has 0 radical (unpaired) electrons. The van der Waals surface area contributed by atoms with Crippen LogP contribution < -0.4 is 20.4 Å². The largest absolute Gasteiger partial charge is 0.366 e. The van der Waals surface area contributed by atoms with Gasteiger partial charge < -0.3 is 20.4 Å². The minimum atomic E-state index is 0.561. The number of fused-ring (bicyclic) bond motifs is 8. The Hall–Kier alpha value is -1.19. The molecule has 0 aromatic carbocycles. The Morgan fingerprint density at radius 3 is 2.26 bits per heavy atom. The van der Waals surface area contributed by atoms with E-state index in [1.807, 2.05) is 12.1 Å². The SMILES string of the molecule is Clc1ccc2c(n1)N[C@H]1CCN2C1.Clc1nc2c(cc1I)N1CC[C@@H](C1)N2. The third kappa shape index (κ3) is 3.38. The summed E-state index contributed by atoms with van der Waals surface area (Å²) in [5, 5.41) is 7.97. The molecule has 2 saturated heterocycles. The third-order valence-electron chi connectivity index (χ3n) is 5.49. The smallest absolute Gasteiger partial charge is 0.151 e. The molecule has 4 bridgehead atoms. The Balaban J connectivity index is 0.000000119. The van der Waals surface area contributed by atoms with Gasteiger partial charge >= 0.3 is 0 Å². The van der Waals surface area contributed by atoms with E-state index in [9.17, 15) is 0 Å². The molecule has 2 aromatic rings. The number of nitrogens with zero attached hydrogens (tertiary/aromatic N) is 4. The highest BCUT2D eigenvalue weighted by molar-refractivity contribution is 14.1. The molecule has 6 heterocycles. The molecule has 6 rings (SSSR count). The number of halogens is 3. The molecule has 2 fully saturated rings. The van der Waals surface area contributed by atoms with E-state index in [-0.39, 0.29) is 0 Å². The highest BCUT2D eigenvalue weighted by Crippen LogP contribution is 2.37. The van der Waals surface area contributed by atoms with Gasteiger partial charge in [-0.15, -0.1) is 0 Å². The summed E-state index contributed by atoms with van der Waals surface area (Å²) in [6.07, 6.45) is 2.40. The lowest BCUT2D eigenvalue weighted by Crippen LogP contribution is -2.32. The van der Waals surface area contributed by atoms with E-state index in [1.54, 1.807) is 0 Å². The van der Waals surface area contributed by atoms with Gasteiger partial charge in [0.2, 0.25) is 0 Å². The third-order valence-corrected chi connectivity index (χ3v) is 7.13. The van der Waals surface area contributed by atoms with Crippen molar-refractivity contribution in [1.82, 2.24) is 9.97 Å². The average Bonchev–Trinajstić information content (AvgIpc) is 3.22. The lowest BCUT2D eigenvalue weighted by Gasteiger charge is -2.27. The minimum Gasteiger partial charge on any atom is -0.366 e. The van der Waals surface area contributed by atoms with Gasteiger partial charge in [0.15, 0.2) is 11.6 Å². The van der Waals surface area contributed by atoms with Crippen LogP contribution in [0.5, 0.6) is 0 Å². The lowest BCUT2D eigenvalue weighted by atomic mass is 10.2. The molecular formula is C18H19Cl2IN6. The first-order valence-corrected chi connectivity index (χ1v) is 11.0. The van der Waals surface area contributed by atoms with Crippen LogP contribution in [-0.4, -0.2) is 48.2 Å². The van der Waals surface area contributed by atoms with Gasteiger partial charge in [-0.25, -0.2) is 9.97 Å². The molecule has 0 amide bonds. The van der Waals surface area contributed by atoms with Gasteiger partial charge in [-0.05, 0) is 53.6 Å². The standard InChI is InChI=1S/C9H9ClIN3.C9H10ClN3/c10-8-6(11)3-7-9(13-8)12-5-1-2-14(7)4-5;10-8-2-1-7-9(12-8)11-6-3-4-13(7)5-6/h3,5H,1-2,4H2,(H,12,13);1-2,6H,3-5H2,(H,11,12)/t5-;6-/m00/s1. The van der Waals surface area contributed by atoms with Crippen molar-refractivity contribution in [2.45, 2.75) is 24.9 Å².